The monoisotopic (exact) mass is 294 g/mol. The highest BCUT2D eigenvalue weighted by molar-refractivity contribution is 5.95. The van der Waals surface area contributed by atoms with Gasteiger partial charge in [0.2, 0.25) is 0 Å². The van der Waals surface area contributed by atoms with Crippen molar-refractivity contribution in [3.63, 3.8) is 0 Å². The summed E-state index contributed by atoms with van der Waals surface area (Å²) in [5.41, 5.74) is -0.103. The lowest BCUT2D eigenvalue weighted by Gasteiger charge is -2.32. The van der Waals surface area contributed by atoms with E-state index in [-0.39, 0.29) is 0 Å². The van der Waals surface area contributed by atoms with E-state index in [1.807, 2.05) is 0 Å². The molecule has 114 valence electrons. The summed E-state index contributed by atoms with van der Waals surface area (Å²) in [6.07, 6.45) is 2.13. The molecule has 3 nitrogen and oxygen atoms in total. The predicted octanol–water partition coefficient (Wildman–Crippen LogP) is 2.44. The van der Waals surface area contributed by atoms with Crippen molar-refractivity contribution in [3.05, 3.63) is 34.9 Å². The Balaban J connectivity index is 1.91. The molecule has 1 aromatic carbocycles. The minimum Gasteiger partial charge on any atom is -0.337 e. The molecule has 3 heterocycles. The maximum absolute atomic E-state index is 14.2. The highest BCUT2D eigenvalue weighted by Gasteiger charge is 2.36. The van der Waals surface area contributed by atoms with Gasteiger partial charge in [-0.1, -0.05) is 6.07 Å². The standard InChI is InChI=1S/C16H20F2N2O/c1-10-3-6-13(17)14(15(10)18)16(21)20-8-11-4-5-12(9-20)19(2)7-11/h3,6,11-12H,4-5,7-9H2,1-2H3/t11-,12-/m1/s1. The number of carbonyl (C=O) groups excluding carboxylic acids is 1. The van der Waals surface area contributed by atoms with Crippen LogP contribution in [0.25, 0.3) is 0 Å². The number of hydrogen-bond donors (Lipinski definition) is 0. The predicted molar refractivity (Wildman–Crippen MR) is 76.1 cm³/mol. The molecule has 0 unspecified atom stereocenters. The van der Waals surface area contributed by atoms with Crippen molar-refractivity contribution in [2.75, 3.05) is 26.7 Å². The normalized spacial score (nSPS) is 26.0. The number of rotatable bonds is 1. The van der Waals surface area contributed by atoms with Crippen molar-refractivity contribution >= 4 is 5.91 Å². The van der Waals surface area contributed by atoms with Crippen LogP contribution in [0.15, 0.2) is 12.1 Å². The molecular formula is C16H20F2N2O. The van der Waals surface area contributed by atoms with Gasteiger partial charge in [0.25, 0.3) is 5.91 Å². The SMILES string of the molecule is Cc1ccc(F)c(C(=O)N2C[C@@H]3CC[C@H](C2)N(C)C3)c1F. The number of hydrogen-bond acceptors (Lipinski definition) is 2. The Morgan fingerprint density at radius 1 is 1.19 bits per heavy atom. The summed E-state index contributed by atoms with van der Waals surface area (Å²) in [6, 6.07) is 2.83. The number of fused-ring (bicyclic) bond motifs is 4. The first-order chi connectivity index (χ1) is 9.97. The van der Waals surface area contributed by atoms with Gasteiger partial charge in [-0.05, 0) is 44.4 Å². The number of piperidine rings is 1. The van der Waals surface area contributed by atoms with Crippen molar-refractivity contribution in [1.82, 2.24) is 9.80 Å². The molecule has 3 saturated heterocycles. The molecule has 3 fully saturated rings. The summed E-state index contributed by atoms with van der Waals surface area (Å²) in [5, 5.41) is 0. The molecule has 3 aliphatic heterocycles. The van der Waals surface area contributed by atoms with E-state index in [9.17, 15) is 13.6 Å². The Kier molecular flexibility index (Phi) is 3.69. The number of nitrogens with zero attached hydrogens (tertiary/aromatic N) is 2. The van der Waals surface area contributed by atoms with Crippen LogP contribution < -0.4 is 0 Å². The van der Waals surface area contributed by atoms with Gasteiger partial charge in [0.05, 0.1) is 0 Å². The fourth-order valence-corrected chi connectivity index (χ4v) is 3.49. The van der Waals surface area contributed by atoms with E-state index in [0.717, 1.165) is 19.4 Å². The molecule has 2 bridgehead atoms. The van der Waals surface area contributed by atoms with E-state index in [1.165, 1.54) is 12.1 Å². The highest BCUT2D eigenvalue weighted by atomic mass is 19.1. The molecule has 2 atom stereocenters. The van der Waals surface area contributed by atoms with Gasteiger partial charge in [0.1, 0.15) is 17.2 Å². The molecule has 4 rings (SSSR count). The maximum Gasteiger partial charge on any atom is 0.259 e. The Bertz CT molecular complexity index is 576. The van der Waals surface area contributed by atoms with Gasteiger partial charge in [-0.2, -0.15) is 0 Å². The third-order valence-electron chi connectivity index (χ3n) is 4.77. The largest absolute Gasteiger partial charge is 0.337 e. The van der Waals surface area contributed by atoms with Crippen molar-refractivity contribution in [3.8, 4) is 0 Å². The van der Waals surface area contributed by atoms with Gasteiger partial charge in [-0.15, -0.1) is 0 Å². The van der Waals surface area contributed by atoms with Crippen LogP contribution in [-0.2, 0) is 0 Å². The van der Waals surface area contributed by atoms with Crippen LogP contribution in [0.1, 0.15) is 28.8 Å². The van der Waals surface area contributed by atoms with Crippen molar-refractivity contribution in [1.29, 1.82) is 0 Å². The van der Waals surface area contributed by atoms with E-state index in [1.54, 1.807) is 11.8 Å². The Hall–Kier alpha value is -1.49. The molecule has 0 radical (unpaired) electrons. The molecule has 0 aliphatic carbocycles. The fourth-order valence-electron chi connectivity index (χ4n) is 3.49. The van der Waals surface area contributed by atoms with Crippen LogP contribution in [-0.4, -0.2) is 48.4 Å². The average molecular weight is 294 g/mol. The molecule has 0 spiro atoms. The van der Waals surface area contributed by atoms with E-state index >= 15 is 0 Å². The zero-order valence-corrected chi connectivity index (χ0v) is 12.4. The molecule has 1 amide bonds. The van der Waals surface area contributed by atoms with Gasteiger partial charge in [0.15, 0.2) is 0 Å². The average Bonchev–Trinajstić information content (AvgIpc) is 2.74. The fraction of sp³-hybridized carbons (Fsp3) is 0.562. The Labute approximate surface area is 123 Å². The number of likely N-dealkylation sites (N-methyl/N-ethyl adjacent to an activating group) is 1. The third-order valence-corrected chi connectivity index (χ3v) is 4.77. The summed E-state index contributed by atoms with van der Waals surface area (Å²) in [4.78, 5) is 16.5. The number of halogens is 2. The van der Waals surface area contributed by atoms with Gasteiger partial charge < -0.3 is 9.80 Å². The van der Waals surface area contributed by atoms with E-state index in [0.29, 0.717) is 30.6 Å². The van der Waals surface area contributed by atoms with E-state index in [2.05, 4.69) is 11.9 Å². The lowest BCUT2D eigenvalue weighted by molar-refractivity contribution is 0.0732. The summed E-state index contributed by atoms with van der Waals surface area (Å²) in [6.45, 7) is 3.64. The summed E-state index contributed by atoms with van der Waals surface area (Å²) in [7, 11) is 2.05. The summed E-state index contributed by atoms with van der Waals surface area (Å²) < 4.78 is 28.1. The number of benzene rings is 1. The Morgan fingerprint density at radius 2 is 1.95 bits per heavy atom. The summed E-state index contributed by atoms with van der Waals surface area (Å²) >= 11 is 0. The molecular weight excluding hydrogens is 274 g/mol. The van der Waals surface area contributed by atoms with Crippen molar-refractivity contribution < 1.29 is 13.6 Å². The first-order valence-corrected chi connectivity index (χ1v) is 7.41. The van der Waals surface area contributed by atoms with Crippen molar-refractivity contribution in [2.24, 2.45) is 5.92 Å². The van der Waals surface area contributed by atoms with Gasteiger partial charge in [-0.3, -0.25) is 4.79 Å². The van der Waals surface area contributed by atoms with Gasteiger partial charge in [-0.25, -0.2) is 8.78 Å². The zero-order chi connectivity index (χ0) is 15.1. The van der Waals surface area contributed by atoms with Crippen LogP contribution >= 0.6 is 0 Å². The van der Waals surface area contributed by atoms with Crippen LogP contribution in [0.3, 0.4) is 0 Å². The molecule has 3 aliphatic rings. The van der Waals surface area contributed by atoms with Crippen molar-refractivity contribution in [2.45, 2.75) is 25.8 Å². The van der Waals surface area contributed by atoms with E-state index < -0.39 is 23.1 Å². The molecule has 1 aromatic rings. The van der Waals surface area contributed by atoms with Crippen LogP contribution in [0.5, 0.6) is 0 Å². The van der Waals surface area contributed by atoms with Crippen LogP contribution in [0, 0.1) is 24.5 Å². The second kappa shape index (κ2) is 5.37. The molecule has 5 heteroatoms. The third kappa shape index (κ3) is 2.55. The van der Waals surface area contributed by atoms with E-state index in [4.69, 9.17) is 0 Å². The highest BCUT2D eigenvalue weighted by Crippen LogP contribution is 2.28. The van der Waals surface area contributed by atoms with Gasteiger partial charge in [0, 0.05) is 25.7 Å². The molecule has 0 aromatic heterocycles. The number of aryl methyl sites for hydroxylation is 1. The smallest absolute Gasteiger partial charge is 0.259 e. The number of carbonyl (C=O) groups is 1. The minimum atomic E-state index is -0.770. The molecule has 0 saturated carbocycles. The van der Waals surface area contributed by atoms with Crippen LogP contribution in [0.4, 0.5) is 8.78 Å². The van der Waals surface area contributed by atoms with Crippen LogP contribution in [0.2, 0.25) is 0 Å². The lowest BCUT2D eigenvalue weighted by Crippen LogP contribution is -2.42. The second-order valence-corrected chi connectivity index (χ2v) is 6.30. The molecule has 0 N–H and O–H groups in total. The van der Waals surface area contributed by atoms with Gasteiger partial charge >= 0.3 is 0 Å². The Morgan fingerprint density at radius 3 is 2.67 bits per heavy atom. The quantitative estimate of drug-likeness (QED) is 0.794. The number of amides is 1. The molecule has 21 heavy (non-hydrogen) atoms. The zero-order valence-electron chi connectivity index (χ0n) is 12.4. The minimum absolute atomic E-state index is 0.295. The first kappa shape index (κ1) is 14.4. The maximum atomic E-state index is 14.2. The lowest BCUT2D eigenvalue weighted by atomic mass is 9.96. The second-order valence-electron chi connectivity index (χ2n) is 6.30. The summed E-state index contributed by atoms with van der Waals surface area (Å²) in [5.74, 6) is -1.62. The first-order valence-electron chi connectivity index (χ1n) is 7.41. The topological polar surface area (TPSA) is 23.6 Å².